The van der Waals surface area contributed by atoms with E-state index in [9.17, 15) is 9.18 Å². The Morgan fingerprint density at radius 1 is 1.00 bits per heavy atom. The molecule has 0 unspecified atom stereocenters. The minimum absolute atomic E-state index is 0.0719. The molecule has 2 heterocycles. The van der Waals surface area contributed by atoms with E-state index in [1.165, 1.54) is 12.1 Å². The third-order valence-corrected chi connectivity index (χ3v) is 4.81. The number of amides is 1. The third-order valence-electron chi connectivity index (χ3n) is 4.81. The van der Waals surface area contributed by atoms with Crippen LogP contribution in [0, 0.1) is 5.82 Å². The molecule has 1 amide bonds. The molecule has 1 aliphatic rings. The van der Waals surface area contributed by atoms with Crippen LogP contribution in [0.5, 0.6) is 0 Å². The van der Waals surface area contributed by atoms with Crippen LogP contribution in [0.3, 0.4) is 0 Å². The molecule has 0 bridgehead atoms. The molecule has 3 aromatic rings. The third kappa shape index (κ3) is 4.23. The number of halogens is 1. The molecule has 1 aromatic heterocycles. The van der Waals surface area contributed by atoms with Gasteiger partial charge in [0.15, 0.2) is 0 Å². The number of benzene rings is 2. The van der Waals surface area contributed by atoms with Crippen molar-refractivity contribution in [3.63, 3.8) is 0 Å². The summed E-state index contributed by atoms with van der Waals surface area (Å²) in [7, 11) is 0. The Morgan fingerprint density at radius 2 is 1.71 bits per heavy atom. The largest absolute Gasteiger partial charge is 0.336 e. The maximum Gasteiger partial charge on any atom is 0.253 e. The zero-order valence-electron chi connectivity index (χ0n) is 15.4. The molecular formula is C22H21FN4O. The fraction of sp³-hybridized carbons (Fsp3) is 0.227. The van der Waals surface area contributed by atoms with Gasteiger partial charge in [0.05, 0.1) is 5.69 Å². The molecule has 1 aliphatic heterocycles. The first kappa shape index (κ1) is 18.3. The predicted octanol–water partition coefficient (Wildman–Crippen LogP) is 2.92. The monoisotopic (exact) mass is 376 g/mol. The molecule has 1 N–H and O–H groups in total. The Hall–Kier alpha value is -3.12. The number of carbonyl (C=O) groups excluding carboxylic acids is 1. The Morgan fingerprint density at radius 3 is 2.43 bits per heavy atom. The summed E-state index contributed by atoms with van der Waals surface area (Å²) in [5.74, 6) is 0.485. The SMILES string of the molecule is O=C(c1ccc(Cc2nccc(-c3ccc(F)cc3)n2)cc1)N1CCNCC1. The number of aromatic nitrogens is 2. The van der Waals surface area contributed by atoms with E-state index in [0.717, 1.165) is 43.0 Å². The van der Waals surface area contributed by atoms with Crippen LogP contribution in [0.2, 0.25) is 0 Å². The molecule has 0 spiro atoms. The van der Waals surface area contributed by atoms with Crippen LogP contribution in [0.4, 0.5) is 4.39 Å². The molecule has 28 heavy (non-hydrogen) atoms. The van der Waals surface area contributed by atoms with Crippen LogP contribution >= 0.6 is 0 Å². The van der Waals surface area contributed by atoms with Gasteiger partial charge in [-0.1, -0.05) is 12.1 Å². The molecule has 1 saturated heterocycles. The van der Waals surface area contributed by atoms with Gasteiger partial charge in [-0.05, 0) is 48.0 Å². The number of carbonyl (C=O) groups is 1. The van der Waals surface area contributed by atoms with Gasteiger partial charge in [0.1, 0.15) is 11.6 Å². The summed E-state index contributed by atoms with van der Waals surface area (Å²) in [5, 5.41) is 3.25. The molecule has 0 aliphatic carbocycles. The number of hydrogen-bond donors (Lipinski definition) is 1. The molecule has 2 aromatic carbocycles. The normalized spacial score (nSPS) is 14.1. The molecule has 0 radical (unpaired) electrons. The van der Waals surface area contributed by atoms with Crippen LogP contribution in [-0.2, 0) is 6.42 Å². The van der Waals surface area contributed by atoms with Crippen molar-refractivity contribution in [2.24, 2.45) is 0 Å². The van der Waals surface area contributed by atoms with Crippen molar-refractivity contribution in [2.45, 2.75) is 6.42 Å². The fourth-order valence-corrected chi connectivity index (χ4v) is 3.26. The van der Waals surface area contributed by atoms with E-state index in [-0.39, 0.29) is 11.7 Å². The summed E-state index contributed by atoms with van der Waals surface area (Å²) >= 11 is 0. The van der Waals surface area contributed by atoms with Gasteiger partial charge in [0, 0.05) is 49.9 Å². The second-order valence-electron chi connectivity index (χ2n) is 6.78. The van der Waals surface area contributed by atoms with Crippen LogP contribution < -0.4 is 5.32 Å². The quantitative estimate of drug-likeness (QED) is 0.761. The Bertz CT molecular complexity index is 951. The van der Waals surface area contributed by atoms with E-state index in [4.69, 9.17) is 0 Å². The molecule has 1 fully saturated rings. The number of piperazine rings is 1. The van der Waals surface area contributed by atoms with E-state index < -0.39 is 0 Å². The lowest BCUT2D eigenvalue weighted by Gasteiger charge is -2.27. The molecular weight excluding hydrogens is 355 g/mol. The zero-order valence-corrected chi connectivity index (χ0v) is 15.4. The number of nitrogens with one attached hydrogen (secondary N) is 1. The van der Waals surface area contributed by atoms with Gasteiger partial charge in [-0.3, -0.25) is 4.79 Å². The minimum Gasteiger partial charge on any atom is -0.336 e. The van der Waals surface area contributed by atoms with Crippen LogP contribution in [0.1, 0.15) is 21.7 Å². The standard InChI is InChI=1S/C22H21FN4O/c23-19-7-5-17(6-8-19)20-9-10-25-21(26-20)15-16-1-3-18(4-2-16)22(28)27-13-11-24-12-14-27/h1-10,24H,11-15H2. The van der Waals surface area contributed by atoms with Gasteiger partial charge in [-0.2, -0.15) is 0 Å². The maximum atomic E-state index is 13.1. The van der Waals surface area contributed by atoms with Crippen molar-refractivity contribution in [3.8, 4) is 11.3 Å². The summed E-state index contributed by atoms with van der Waals surface area (Å²) in [6, 6.07) is 15.7. The van der Waals surface area contributed by atoms with E-state index in [1.54, 1.807) is 18.3 Å². The number of rotatable bonds is 4. The van der Waals surface area contributed by atoms with E-state index >= 15 is 0 Å². The first-order chi connectivity index (χ1) is 13.7. The molecule has 142 valence electrons. The van der Waals surface area contributed by atoms with Crippen molar-refractivity contribution in [1.82, 2.24) is 20.2 Å². The first-order valence-corrected chi connectivity index (χ1v) is 9.36. The lowest BCUT2D eigenvalue weighted by atomic mass is 10.1. The van der Waals surface area contributed by atoms with Gasteiger partial charge in [0.2, 0.25) is 0 Å². The summed E-state index contributed by atoms with van der Waals surface area (Å²) in [6.45, 7) is 3.16. The lowest BCUT2D eigenvalue weighted by Crippen LogP contribution is -2.46. The highest BCUT2D eigenvalue weighted by molar-refractivity contribution is 5.94. The smallest absolute Gasteiger partial charge is 0.253 e. The Kier molecular flexibility index (Phi) is 5.39. The summed E-state index contributed by atoms with van der Waals surface area (Å²) in [6.07, 6.45) is 2.28. The highest BCUT2D eigenvalue weighted by atomic mass is 19.1. The Balaban J connectivity index is 1.46. The van der Waals surface area contributed by atoms with Crippen molar-refractivity contribution in [2.75, 3.05) is 26.2 Å². The fourth-order valence-electron chi connectivity index (χ4n) is 3.26. The molecule has 5 nitrogen and oxygen atoms in total. The molecule has 0 atom stereocenters. The average molecular weight is 376 g/mol. The molecule has 4 rings (SSSR count). The summed E-state index contributed by atoms with van der Waals surface area (Å²) in [4.78, 5) is 23.3. The van der Waals surface area contributed by atoms with Gasteiger partial charge >= 0.3 is 0 Å². The summed E-state index contributed by atoms with van der Waals surface area (Å²) in [5.41, 5.74) is 3.34. The van der Waals surface area contributed by atoms with Gasteiger partial charge < -0.3 is 10.2 Å². The van der Waals surface area contributed by atoms with Crippen LogP contribution in [0.15, 0.2) is 60.8 Å². The van der Waals surface area contributed by atoms with Crippen LogP contribution in [-0.4, -0.2) is 47.0 Å². The topological polar surface area (TPSA) is 58.1 Å². The van der Waals surface area contributed by atoms with Crippen molar-refractivity contribution in [1.29, 1.82) is 0 Å². The maximum absolute atomic E-state index is 13.1. The predicted molar refractivity (Wildman–Crippen MR) is 105 cm³/mol. The van der Waals surface area contributed by atoms with E-state index in [1.807, 2.05) is 35.2 Å². The van der Waals surface area contributed by atoms with Crippen molar-refractivity contribution in [3.05, 3.63) is 83.6 Å². The highest BCUT2D eigenvalue weighted by Gasteiger charge is 2.17. The van der Waals surface area contributed by atoms with E-state index in [0.29, 0.717) is 17.8 Å². The van der Waals surface area contributed by atoms with Gasteiger partial charge in [-0.15, -0.1) is 0 Å². The van der Waals surface area contributed by atoms with Gasteiger partial charge in [-0.25, -0.2) is 14.4 Å². The lowest BCUT2D eigenvalue weighted by molar-refractivity contribution is 0.0736. The summed E-state index contributed by atoms with van der Waals surface area (Å²) < 4.78 is 13.1. The van der Waals surface area contributed by atoms with Crippen LogP contribution in [0.25, 0.3) is 11.3 Å². The van der Waals surface area contributed by atoms with E-state index in [2.05, 4.69) is 15.3 Å². The van der Waals surface area contributed by atoms with Crippen molar-refractivity contribution >= 4 is 5.91 Å². The zero-order chi connectivity index (χ0) is 19.3. The highest BCUT2D eigenvalue weighted by Crippen LogP contribution is 2.18. The van der Waals surface area contributed by atoms with Crippen molar-refractivity contribution < 1.29 is 9.18 Å². The number of hydrogen-bond acceptors (Lipinski definition) is 4. The number of nitrogens with zero attached hydrogens (tertiary/aromatic N) is 3. The van der Waals surface area contributed by atoms with Gasteiger partial charge in [0.25, 0.3) is 5.91 Å². The molecule has 6 heteroatoms. The average Bonchev–Trinajstić information content (AvgIpc) is 2.75. The Labute approximate surface area is 163 Å². The first-order valence-electron chi connectivity index (χ1n) is 9.36. The molecule has 0 saturated carbocycles. The second kappa shape index (κ2) is 8.27. The minimum atomic E-state index is -0.270. The second-order valence-corrected chi connectivity index (χ2v) is 6.78.